The molecule has 1 saturated heterocycles. The van der Waals surface area contributed by atoms with Crippen LogP contribution in [0.1, 0.15) is 45.7 Å². The fourth-order valence-electron chi connectivity index (χ4n) is 4.45. The third kappa shape index (κ3) is 6.85. The van der Waals surface area contributed by atoms with Crippen LogP contribution in [0.5, 0.6) is 0 Å². The summed E-state index contributed by atoms with van der Waals surface area (Å²) in [6.07, 6.45) is 17.7. The normalized spacial score (nSPS) is 19.6. The molecule has 0 aromatic carbocycles. The van der Waals surface area contributed by atoms with E-state index in [9.17, 15) is 4.79 Å². The van der Waals surface area contributed by atoms with Gasteiger partial charge in [-0.05, 0) is 50.6 Å². The largest absolute Gasteiger partial charge is 0.368 e. The third-order valence-corrected chi connectivity index (χ3v) is 6.73. The Morgan fingerprint density at radius 2 is 2.00 bits per heavy atom. The minimum atomic E-state index is -0.295. The van der Waals surface area contributed by atoms with E-state index in [1.165, 1.54) is 0 Å². The van der Waals surface area contributed by atoms with E-state index in [0.29, 0.717) is 18.0 Å². The topological polar surface area (TPSA) is 91.0 Å². The maximum absolute atomic E-state index is 12.7. The Kier molecular flexibility index (Phi) is 9.25. The molecule has 1 aliphatic carbocycles. The van der Waals surface area contributed by atoms with Crippen molar-refractivity contribution in [3.8, 4) is 0 Å². The zero-order valence-corrected chi connectivity index (χ0v) is 23.2. The number of rotatable bonds is 7. The Hall–Kier alpha value is -3.56. The van der Waals surface area contributed by atoms with Gasteiger partial charge in [0.25, 0.3) is 5.91 Å². The molecule has 0 saturated carbocycles. The Bertz CT molecular complexity index is 1300. The van der Waals surface area contributed by atoms with E-state index in [-0.39, 0.29) is 11.6 Å². The lowest BCUT2D eigenvalue weighted by atomic mass is 10.1. The molecule has 3 aliphatic rings. The number of halogens is 1. The summed E-state index contributed by atoms with van der Waals surface area (Å²) in [7, 11) is 2.15. The highest BCUT2D eigenvalue weighted by Crippen LogP contribution is 2.27. The van der Waals surface area contributed by atoms with Crippen molar-refractivity contribution in [3.05, 3.63) is 71.1 Å². The molecule has 2 aliphatic heterocycles. The molecule has 0 radical (unpaired) electrons. The van der Waals surface area contributed by atoms with Crippen molar-refractivity contribution in [1.82, 2.24) is 30.1 Å². The Morgan fingerprint density at radius 3 is 2.71 bits per heavy atom. The maximum Gasteiger partial charge on any atom is 0.273 e. The first-order valence-corrected chi connectivity index (χ1v) is 13.3. The fourth-order valence-corrected chi connectivity index (χ4v) is 4.54. The number of nitrogens with zero attached hydrogens (tertiary/aromatic N) is 7. The summed E-state index contributed by atoms with van der Waals surface area (Å²) in [4.78, 5) is 26.0. The van der Waals surface area contributed by atoms with Crippen molar-refractivity contribution in [2.24, 2.45) is 9.98 Å². The number of amides is 1. The number of aromatic nitrogens is 3. The van der Waals surface area contributed by atoms with Gasteiger partial charge in [-0.25, -0.2) is 9.67 Å². The quantitative estimate of drug-likeness (QED) is 0.414. The summed E-state index contributed by atoms with van der Waals surface area (Å²) in [5.74, 6) is -0.295. The number of allylic oxidation sites excluding steroid dienone is 8. The SMILES string of the molecule is C/C=C(\N=C(/C)Cl)C(=O)NC1=CC=C(CC)C(n2cc(C3=CC(N4CCN(C)CC4)=CN=CC3)nn2)=CC1. The molecular weight excluding hydrogens is 500 g/mol. The number of hydrogen-bond acceptors (Lipinski definition) is 7. The van der Waals surface area contributed by atoms with Crippen LogP contribution in [0.4, 0.5) is 0 Å². The minimum Gasteiger partial charge on any atom is -0.368 e. The number of nitrogens with one attached hydrogen (secondary N) is 1. The van der Waals surface area contributed by atoms with Gasteiger partial charge in [0.05, 0.1) is 17.6 Å². The zero-order valence-electron chi connectivity index (χ0n) is 22.5. The maximum atomic E-state index is 12.7. The summed E-state index contributed by atoms with van der Waals surface area (Å²) in [5, 5.41) is 12.2. The van der Waals surface area contributed by atoms with Crippen molar-refractivity contribution in [2.45, 2.75) is 40.0 Å². The van der Waals surface area contributed by atoms with E-state index >= 15 is 0 Å². The van der Waals surface area contributed by atoms with Gasteiger partial charge < -0.3 is 15.1 Å². The van der Waals surface area contributed by atoms with Crippen LogP contribution >= 0.6 is 11.6 Å². The van der Waals surface area contributed by atoms with E-state index in [4.69, 9.17) is 11.6 Å². The first kappa shape index (κ1) is 27.5. The molecule has 38 heavy (non-hydrogen) atoms. The average Bonchev–Trinajstić information content (AvgIpc) is 3.13. The molecular formula is C28H35ClN8O. The van der Waals surface area contributed by atoms with Gasteiger partial charge in [-0.15, -0.1) is 5.10 Å². The van der Waals surface area contributed by atoms with Gasteiger partial charge in [0, 0.05) is 57.1 Å². The minimum absolute atomic E-state index is 0.276. The molecule has 0 unspecified atom stereocenters. The summed E-state index contributed by atoms with van der Waals surface area (Å²) >= 11 is 5.87. The van der Waals surface area contributed by atoms with Crippen molar-refractivity contribution in [1.29, 1.82) is 0 Å². The Labute approximate surface area is 229 Å². The average molecular weight is 535 g/mol. The van der Waals surface area contributed by atoms with Crippen LogP contribution < -0.4 is 5.32 Å². The van der Waals surface area contributed by atoms with E-state index in [2.05, 4.69) is 61.5 Å². The van der Waals surface area contributed by atoms with E-state index in [1.807, 2.05) is 35.4 Å². The second-order valence-corrected chi connectivity index (χ2v) is 9.91. The number of hydrogen-bond donors (Lipinski definition) is 1. The lowest BCUT2D eigenvalue weighted by molar-refractivity contribution is -0.116. The highest BCUT2D eigenvalue weighted by molar-refractivity contribution is 6.65. The molecule has 0 atom stereocenters. The smallest absolute Gasteiger partial charge is 0.273 e. The van der Waals surface area contributed by atoms with Gasteiger partial charge in [-0.2, -0.15) is 0 Å². The molecule has 1 N–H and O–H groups in total. The molecule has 10 heteroatoms. The first-order valence-electron chi connectivity index (χ1n) is 13.0. The summed E-state index contributed by atoms with van der Waals surface area (Å²) < 4.78 is 1.82. The van der Waals surface area contributed by atoms with Crippen LogP contribution in [0.25, 0.3) is 11.3 Å². The molecule has 1 aromatic heterocycles. The molecule has 3 heterocycles. The van der Waals surface area contributed by atoms with Gasteiger partial charge in [0.15, 0.2) is 0 Å². The Balaban J connectivity index is 1.52. The fraction of sp³-hybridized carbons (Fsp3) is 0.393. The number of carbonyl (C=O) groups excluding carboxylic acids is 1. The van der Waals surface area contributed by atoms with Crippen LogP contribution in [-0.2, 0) is 4.79 Å². The highest BCUT2D eigenvalue weighted by atomic mass is 35.5. The molecule has 9 nitrogen and oxygen atoms in total. The third-order valence-electron chi connectivity index (χ3n) is 6.65. The van der Waals surface area contributed by atoms with Crippen LogP contribution in [0.2, 0.25) is 0 Å². The lowest BCUT2D eigenvalue weighted by Crippen LogP contribution is -2.43. The number of piperazine rings is 1. The van der Waals surface area contributed by atoms with Crippen molar-refractivity contribution < 1.29 is 4.79 Å². The lowest BCUT2D eigenvalue weighted by Gasteiger charge is -2.34. The summed E-state index contributed by atoms with van der Waals surface area (Å²) in [5.41, 5.74) is 6.11. The van der Waals surface area contributed by atoms with E-state index < -0.39 is 0 Å². The highest BCUT2D eigenvalue weighted by Gasteiger charge is 2.19. The molecule has 1 amide bonds. The Morgan fingerprint density at radius 1 is 1.21 bits per heavy atom. The molecule has 4 rings (SSSR count). The van der Waals surface area contributed by atoms with Crippen LogP contribution in [0, 0.1) is 0 Å². The van der Waals surface area contributed by atoms with Gasteiger partial charge in [-0.3, -0.25) is 9.79 Å². The van der Waals surface area contributed by atoms with Gasteiger partial charge >= 0.3 is 0 Å². The summed E-state index contributed by atoms with van der Waals surface area (Å²) in [6, 6.07) is 0. The molecule has 1 aromatic rings. The molecule has 0 spiro atoms. The first-order chi connectivity index (χ1) is 18.4. The summed E-state index contributed by atoms with van der Waals surface area (Å²) in [6.45, 7) is 9.52. The number of aliphatic imine (C=N–C) groups is 2. The number of likely N-dealkylation sites (N-methyl/N-ethyl adjacent to an activating group) is 1. The van der Waals surface area contributed by atoms with Gasteiger partial charge in [0.1, 0.15) is 16.6 Å². The van der Waals surface area contributed by atoms with Crippen molar-refractivity contribution in [3.63, 3.8) is 0 Å². The van der Waals surface area contributed by atoms with E-state index in [0.717, 1.165) is 66.5 Å². The predicted molar refractivity (Wildman–Crippen MR) is 154 cm³/mol. The second-order valence-electron chi connectivity index (χ2n) is 9.37. The molecule has 1 fully saturated rings. The number of carbonyl (C=O) groups is 1. The van der Waals surface area contributed by atoms with Crippen LogP contribution in [-0.4, -0.2) is 75.3 Å². The van der Waals surface area contributed by atoms with Crippen molar-refractivity contribution >= 4 is 40.2 Å². The van der Waals surface area contributed by atoms with Gasteiger partial charge in [-0.1, -0.05) is 42.0 Å². The van der Waals surface area contributed by atoms with E-state index in [1.54, 1.807) is 19.9 Å². The van der Waals surface area contributed by atoms with Crippen LogP contribution in [0.15, 0.2) is 75.4 Å². The standard InChI is InChI=1S/C28H35ClN8O/c1-5-21-7-8-23(32-28(38)25(6-2)31-20(3)29)9-10-27(21)37-19-26(33-34-37)22-11-12-30-18-24(17-22)36-15-13-35(4)14-16-36/h6-8,10,12,17-19H,5,9,11,13-16H2,1-4H3,(H,32,38)/b25-6-,31-20+. The predicted octanol–water partition coefficient (Wildman–Crippen LogP) is 4.37. The van der Waals surface area contributed by atoms with Crippen LogP contribution in [0.3, 0.4) is 0 Å². The van der Waals surface area contributed by atoms with Crippen molar-refractivity contribution in [2.75, 3.05) is 33.2 Å². The molecule has 200 valence electrons. The van der Waals surface area contributed by atoms with Gasteiger partial charge in [0.2, 0.25) is 0 Å². The second kappa shape index (κ2) is 12.8. The zero-order chi connectivity index (χ0) is 27.1. The molecule has 0 bridgehead atoms. The monoisotopic (exact) mass is 534 g/mol.